The van der Waals surface area contributed by atoms with Crippen molar-refractivity contribution >= 4 is 11.9 Å². The molecule has 5 nitrogen and oxygen atoms in total. The fraction of sp³-hybridized carbons (Fsp3) is 0.900. The van der Waals surface area contributed by atoms with E-state index >= 15 is 0 Å². The average molecular weight is 351 g/mol. The van der Waals surface area contributed by atoms with Crippen LogP contribution < -0.4 is 10.6 Å². The normalized spacial score (nSPS) is 23.4. The summed E-state index contributed by atoms with van der Waals surface area (Å²) in [4.78, 5) is 19.0. The van der Waals surface area contributed by atoms with Gasteiger partial charge < -0.3 is 15.5 Å². The summed E-state index contributed by atoms with van der Waals surface area (Å²) in [5.41, 5.74) is 0. The van der Waals surface area contributed by atoms with Gasteiger partial charge in [-0.1, -0.05) is 46.0 Å². The van der Waals surface area contributed by atoms with Crippen molar-refractivity contribution in [1.29, 1.82) is 0 Å². The van der Waals surface area contributed by atoms with Gasteiger partial charge in [-0.25, -0.2) is 0 Å². The lowest BCUT2D eigenvalue weighted by Gasteiger charge is -2.21. The van der Waals surface area contributed by atoms with Gasteiger partial charge in [0.15, 0.2) is 5.96 Å². The Morgan fingerprint density at radius 1 is 1.12 bits per heavy atom. The Hall–Kier alpha value is -1.26. The van der Waals surface area contributed by atoms with Crippen LogP contribution in [-0.2, 0) is 4.79 Å². The number of nitrogens with zero attached hydrogens (tertiary/aromatic N) is 2. The van der Waals surface area contributed by atoms with Crippen LogP contribution in [0, 0.1) is 11.8 Å². The van der Waals surface area contributed by atoms with Crippen LogP contribution in [0.1, 0.15) is 72.1 Å². The smallest absolute Gasteiger partial charge is 0.225 e. The third-order valence-electron chi connectivity index (χ3n) is 5.41. The number of hydrogen-bond donors (Lipinski definition) is 2. The zero-order chi connectivity index (χ0) is 18.1. The van der Waals surface area contributed by atoms with E-state index in [1.165, 1.54) is 44.9 Å². The van der Waals surface area contributed by atoms with Crippen LogP contribution in [0.25, 0.3) is 0 Å². The number of carbonyl (C=O) groups excluding carboxylic acids is 1. The second-order valence-electron chi connectivity index (χ2n) is 8.00. The quantitative estimate of drug-likeness (QED) is 0.591. The number of amides is 1. The SMILES string of the molecule is CCNC(=NCC1CCCCCCC1)NC1CCN(C(=O)C(C)C)C1. The highest BCUT2D eigenvalue weighted by molar-refractivity contribution is 5.81. The average Bonchev–Trinajstić information content (AvgIpc) is 3.01. The highest BCUT2D eigenvalue weighted by Gasteiger charge is 2.28. The van der Waals surface area contributed by atoms with Crippen molar-refractivity contribution in [3.05, 3.63) is 0 Å². The van der Waals surface area contributed by atoms with Crippen LogP contribution in [0.3, 0.4) is 0 Å². The van der Waals surface area contributed by atoms with Crippen molar-refractivity contribution in [1.82, 2.24) is 15.5 Å². The summed E-state index contributed by atoms with van der Waals surface area (Å²) in [7, 11) is 0. The molecule has 1 unspecified atom stereocenters. The van der Waals surface area contributed by atoms with Gasteiger partial charge >= 0.3 is 0 Å². The molecule has 2 N–H and O–H groups in total. The van der Waals surface area contributed by atoms with Gasteiger partial charge in [0, 0.05) is 38.1 Å². The lowest BCUT2D eigenvalue weighted by Crippen LogP contribution is -2.45. The summed E-state index contributed by atoms with van der Waals surface area (Å²) >= 11 is 0. The second-order valence-corrected chi connectivity index (χ2v) is 8.00. The molecule has 1 atom stereocenters. The predicted molar refractivity (Wildman–Crippen MR) is 105 cm³/mol. The molecule has 1 saturated carbocycles. The first-order valence-electron chi connectivity index (χ1n) is 10.4. The molecule has 2 fully saturated rings. The molecule has 1 amide bonds. The number of carbonyl (C=O) groups is 1. The molecule has 0 spiro atoms. The number of guanidine groups is 1. The Morgan fingerprint density at radius 2 is 1.80 bits per heavy atom. The van der Waals surface area contributed by atoms with Crippen LogP contribution in [0.2, 0.25) is 0 Å². The van der Waals surface area contributed by atoms with Crippen LogP contribution >= 0.6 is 0 Å². The van der Waals surface area contributed by atoms with E-state index in [9.17, 15) is 4.79 Å². The fourth-order valence-corrected chi connectivity index (χ4v) is 3.90. The maximum absolute atomic E-state index is 12.1. The zero-order valence-corrected chi connectivity index (χ0v) is 16.5. The lowest BCUT2D eigenvalue weighted by atomic mass is 9.91. The minimum absolute atomic E-state index is 0.0833. The topological polar surface area (TPSA) is 56.7 Å². The number of rotatable bonds is 5. The van der Waals surface area contributed by atoms with Gasteiger partial charge in [-0.2, -0.15) is 0 Å². The van der Waals surface area contributed by atoms with E-state index in [1.54, 1.807) is 0 Å². The molecule has 0 bridgehead atoms. The summed E-state index contributed by atoms with van der Waals surface area (Å²) in [5.74, 6) is 2.01. The van der Waals surface area contributed by atoms with Crippen molar-refractivity contribution < 1.29 is 4.79 Å². The molecule has 1 heterocycles. The predicted octanol–water partition coefficient (Wildman–Crippen LogP) is 3.16. The van der Waals surface area contributed by atoms with E-state index in [-0.39, 0.29) is 11.8 Å². The number of hydrogen-bond acceptors (Lipinski definition) is 2. The van der Waals surface area contributed by atoms with Gasteiger partial charge in [-0.3, -0.25) is 9.79 Å². The van der Waals surface area contributed by atoms with E-state index in [4.69, 9.17) is 4.99 Å². The van der Waals surface area contributed by atoms with Crippen LogP contribution in [0.5, 0.6) is 0 Å². The van der Waals surface area contributed by atoms with E-state index in [0.717, 1.165) is 44.5 Å². The lowest BCUT2D eigenvalue weighted by molar-refractivity contribution is -0.133. The molecular formula is C20H38N4O. The van der Waals surface area contributed by atoms with Crippen molar-refractivity contribution in [2.24, 2.45) is 16.8 Å². The molecule has 0 aromatic rings. The van der Waals surface area contributed by atoms with E-state index < -0.39 is 0 Å². The molecule has 0 radical (unpaired) electrons. The van der Waals surface area contributed by atoms with Crippen LogP contribution in [-0.4, -0.2) is 49.0 Å². The summed E-state index contributed by atoms with van der Waals surface area (Å²) in [6.07, 6.45) is 10.6. The van der Waals surface area contributed by atoms with Crippen molar-refractivity contribution in [3.63, 3.8) is 0 Å². The summed E-state index contributed by atoms with van der Waals surface area (Å²) in [6, 6.07) is 0.317. The molecule has 25 heavy (non-hydrogen) atoms. The number of likely N-dealkylation sites (tertiary alicyclic amines) is 1. The van der Waals surface area contributed by atoms with Gasteiger partial charge in [-0.05, 0) is 32.1 Å². The molecule has 0 aromatic carbocycles. The molecule has 2 rings (SSSR count). The van der Waals surface area contributed by atoms with Crippen LogP contribution in [0.4, 0.5) is 0 Å². The van der Waals surface area contributed by atoms with Crippen LogP contribution in [0.15, 0.2) is 4.99 Å². The Kier molecular flexibility index (Phi) is 8.56. The van der Waals surface area contributed by atoms with Gasteiger partial charge in [0.25, 0.3) is 0 Å². The van der Waals surface area contributed by atoms with Gasteiger partial charge in [-0.15, -0.1) is 0 Å². The molecule has 2 aliphatic rings. The zero-order valence-electron chi connectivity index (χ0n) is 16.5. The molecule has 1 aliphatic heterocycles. The Labute approximate surface area is 154 Å². The molecular weight excluding hydrogens is 312 g/mol. The fourth-order valence-electron chi connectivity index (χ4n) is 3.90. The Bertz CT molecular complexity index is 427. The summed E-state index contributed by atoms with van der Waals surface area (Å²) < 4.78 is 0. The highest BCUT2D eigenvalue weighted by atomic mass is 16.2. The van der Waals surface area contributed by atoms with Crippen molar-refractivity contribution in [3.8, 4) is 0 Å². The molecule has 5 heteroatoms. The largest absolute Gasteiger partial charge is 0.357 e. The van der Waals surface area contributed by atoms with Crippen molar-refractivity contribution in [2.75, 3.05) is 26.2 Å². The molecule has 144 valence electrons. The summed E-state index contributed by atoms with van der Waals surface area (Å²) in [5, 5.41) is 6.93. The maximum Gasteiger partial charge on any atom is 0.225 e. The second kappa shape index (κ2) is 10.7. The Morgan fingerprint density at radius 3 is 2.44 bits per heavy atom. The standard InChI is InChI=1S/C20H38N4O/c1-4-21-20(22-14-17-10-8-6-5-7-9-11-17)23-18-12-13-24(15-18)19(25)16(2)3/h16-18H,4-15H2,1-3H3,(H2,21,22,23). The Balaban J connectivity index is 1.84. The minimum atomic E-state index is 0.0833. The first kappa shape index (κ1) is 20.1. The van der Waals surface area contributed by atoms with Crippen molar-refractivity contribution in [2.45, 2.75) is 78.2 Å². The number of nitrogens with one attached hydrogen (secondary N) is 2. The first-order chi connectivity index (χ1) is 12.1. The summed E-state index contributed by atoms with van der Waals surface area (Å²) in [6.45, 7) is 9.51. The molecule has 1 saturated heterocycles. The third-order valence-corrected chi connectivity index (χ3v) is 5.41. The van der Waals surface area contributed by atoms with Gasteiger partial charge in [0.1, 0.15) is 0 Å². The van der Waals surface area contributed by atoms with E-state index in [2.05, 4.69) is 17.6 Å². The third kappa shape index (κ3) is 6.87. The van der Waals surface area contributed by atoms with E-state index in [0.29, 0.717) is 6.04 Å². The van der Waals surface area contributed by atoms with E-state index in [1.807, 2.05) is 18.7 Å². The maximum atomic E-state index is 12.1. The van der Waals surface area contributed by atoms with Gasteiger partial charge in [0.05, 0.1) is 0 Å². The minimum Gasteiger partial charge on any atom is -0.357 e. The first-order valence-corrected chi connectivity index (χ1v) is 10.4. The van der Waals surface area contributed by atoms with Gasteiger partial charge in [0.2, 0.25) is 5.91 Å². The number of aliphatic imine (C=N–C) groups is 1. The molecule has 1 aliphatic carbocycles. The highest BCUT2D eigenvalue weighted by Crippen LogP contribution is 2.22. The monoisotopic (exact) mass is 350 g/mol. The molecule has 0 aromatic heterocycles.